The van der Waals surface area contributed by atoms with Crippen LogP contribution in [0.2, 0.25) is 0 Å². The maximum Gasteiger partial charge on any atom is 0.306 e. The Morgan fingerprint density at radius 3 is 2.50 bits per heavy atom. The van der Waals surface area contributed by atoms with Gasteiger partial charge in [0.25, 0.3) is 0 Å². The summed E-state index contributed by atoms with van der Waals surface area (Å²) < 4.78 is 4.92. The molecular weight excluding hydrogens is 228 g/mol. The predicted octanol–water partition coefficient (Wildman–Crippen LogP) is 2.70. The third kappa shape index (κ3) is 5.13. The molecule has 18 heavy (non-hydrogen) atoms. The van der Waals surface area contributed by atoms with Crippen molar-refractivity contribution in [2.75, 3.05) is 6.61 Å². The molecule has 0 bridgehead atoms. The van der Waals surface area contributed by atoms with E-state index in [0.717, 1.165) is 19.1 Å². The van der Waals surface area contributed by atoms with Crippen molar-refractivity contribution in [3.63, 3.8) is 0 Å². The Labute approximate surface area is 108 Å². The van der Waals surface area contributed by atoms with Crippen LogP contribution in [0.1, 0.15) is 37.3 Å². The molecule has 0 atom stereocenters. The van der Waals surface area contributed by atoms with Crippen LogP contribution < -0.4 is 0 Å². The lowest BCUT2D eigenvalue weighted by Crippen LogP contribution is -2.06. The van der Waals surface area contributed by atoms with E-state index in [0.29, 0.717) is 25.9 Å². The molecule has 1 aromatic rings. The summed E-state index contributed by atoms with van der Waals surface area (Å²) in [5.74, 6) is -0.153. The third-order valence-corrected chi connectivity index (χ3v) is 2.79. The molecule has 1 rings (SSSR count). The van der Waals surface area contributed by atoms with E-state index < -0.39 is 0 Å². The molecule has 0 aliphatic rings. The Kier molecular flexibility index (Phi) is 6.77. The summed E-state index contributed by atoms with van der Waals surface area (Å²) in [5, 5.41) is 0. The molecule has 0 fully saturated rings. The van der Waals surface area contributed by atoms with E-state index in [1.807, 2.05) is 25.1 Å². The summed E-state index contributed by atoms with van der Waals surface area (Å²) in [7, 11) is 0. The smallest absolute Gasteiger partial charge is 0.306 e. The minimum Gasteiger partial charge on any atom is -0.466 e. The number of carbonyl (C=O) groups is 2. The Hall–Kier alpha value is -1.64. The lowest BCUT2D eigenvalue weighted by Gasteiger charge is -2.08. The standard InChI is InChI=1S/C15H20O3/c1-2-18-15(17)11-10-14-8-4-3-7-13(14)9-5-6-12-16/h3-4,7-8,12H,2,5-6,9-11H2,1H3. The van der Waals surface area contributed by atoms with Gasteiger partial charge in [0.2, 0.25) is 0 Å². The average Bonchev–Trinajstić information content (AvgIpc) is 2.38. The normalized spacial score (nSPS) is 10.1. The zero-order chi connectivity index (χ0) is 13.2. The molecule has 0 saturated carbocycles. The van der Waals surface area contributed by atoms with Crippen LogP contribution in [0.3, 0.4) is 0 Å². The topological polar surface area (TPSA) is 43.4 Å². The van der Waals surface area contributed by atoms with Gasteiger partial charge in [-0.25, -0.2) is 0 Å². The van der Waals surface area contributed by atoms with Crippen molar-refractivity contribution in [1.82, 2.24) is 0 Å². The summed E-state index contributed by atoms with van der Waals surface area (Å²) in [5.41, 5.74) is 2.40. The largest absolute Gasteiger partial charge is 0.466 e. The molecule has 0 aromatic heterocycles. The highest BCUT2D eigenvalue weighted by molar-refractivity contribution is 5.69. The third-order valence-electron chi connectivity index (χ3n) is 2.79. The summed E-state index contributed by atoms with van der Waals surface area (Å²) >= 11 is 0. The first-order valence-corrected chi connectivity index (χ1v) is 6.44. The van der Waals surface area contributed by atoms with E-state index in [9.17, 15) is 9.59 Å². The van der Waals surface area contributed by atoms with Gasteiger partial charge >= 0.3 is 5.97 Å². The molecule has 98 valence electrons. The Morgan fingerprint density at radius 2 is 1.89 bits per heavy atom. The molecule has 3 nitrogen and oxygen atoms in total. The predicted molar refractivity (Wildman–Crippen MR) is 70.4 cm³/mol. The zero-order valence-electron chi connectivity index (χ0n) is 10.9. The number of aldehydes is 1. The van der Waals surface area contributed by atoms with E-state index in [1.165, 1.54) is 11.1 Å². The Bertz CT molecular complexity index is 385. The van der Waals surface area contributed by atoms with Crippen molar-refractivity contribution in [3.8, 4) is 0 Å². The second-order valence-corrected chi connectivity index (χ2v) is 4.13. The van der Waals surface area contributed by atoms with Gasteiger partial charge in [0.15, 0.2) is 0 Å². The molecule has 3 heteroatoms. The number of unbranched alkanes of at least 4 members (excludes halogenated alkanes) is 1. The number of rotatable bonds is 8. The van der Waals surface area contributed by atoms with Gasteiger partial charge in [0.05, 0.1) is 6.61 Å². The van der Waals surface area contributed by atoms with Crippen molar-refractivity contribution in [2.24, 2.45) is 0 Å². The quantitative estimate of drug-likeness (QED) is 0.403. The molecule has 0 aliphatic heterocycles. The van der Waals surface area contributed by atoms with Crippen LogP contribution >= 0.6 is 0 Å². The van der Waals surface area contributed by atoms with Gasteiger partial charge in [0, 0.05) is 12.8 Å². The van der Waals surface area contributed by atoms with Crippen molar-refractivity contribution in [3.05, 3.63) is 35.4 Å². The van der Waals surface area contributed by atoms with Crippen molar-refractivity contribution >= 4 is 12.3 Å². The van der Waals surface area contributed by atoms with Crippen LogP contribution in [0, 0.1) is 0 Å². The van der Waals surface area contributed by atoms with Gasteiger partial charge in [0.1, 0.15) is 6.29 Å². The first kappa shape index (κ1) is 14.4. The van der Waals surface area contributed by atoms with Crippen LogP contribution in [-0.2, 0) is 27.2 Å². The molecule has 0 saturated heterocycles. The summed E-state index contributed by atoms with van der Waals surface area (Å²) in [6, 6.07) is 8.06. The van der Waals surface area contributed by atoms with Gasteiger partial charge in [-0.1, -0.05) is 24.3 Å². The molecule has 0 amide bonds. The fraction of sp³-hybridized carbons (Fsp3) is 0.467. The molecule has 0 radical (unpaired) electrons. The second kappa shape index (κ2) is 8.45. The lowest BCUT2D eigenvalue weighted by molar-refractivity contribution is -0.143. The second-order valence-electron chi connectivity index (χ2n) is 4.13. The summed E-state index contributed by atoms with van der Waals surface area (Å²) in [4.78, 5) is 21.6. The minimum absolute atomic E-state index is 0.153. The van der Waals surface area contributed by atoms with Crippen LogP contribution in [0.4, 0.5) is 0 Å². The highest BCUT2D eigenvalue weighted by Crippen LogP contribution is 2.14. The average molecular weight is 248 g/mol. The number of benzene rings is 1. The minimum atomic E-state index is -0.153. The van der Waals surface area contributed by atoms with E-state index >= 15 is 0 Å². The molecule has 0 aliphatic carbocycles. The first-order valence-electron chi connectivity index (χ1n) is 6.44. The van der Waals surface area contributed by atoms with Crippen molar-refractivity contribution < 1.29 is 14.3 Å². The Morgan fingerprint density at radius 1 is 1.22 bits per heavy atom. The summed E-state index contributed by atoms with van der Waals surface area (Å²) in [6.45, 7) is 2.24. The van der Waals surface area contributed by atoms with E-state index in [1.54, 1.807) is 0 Å². The molecule has 0 spiro atoms. The molecule has 1 aromatic carbocycles. The maximum atomic E-state index is 11.3. The SMILES string of the molecule is CCOC(=O)CCc1ccccc1CCCC=O. The number of esters is 1. The number of carbonyl (C=O) groups excluding carboxylic acids is 2. The summed E-state index contributed by atoms with van der Waals surface area (Å²) in [6.07, 6.45) is 4.40. The van der Waals surface area contributed by atoms with Gasteiger partial charge in [-0.15, -0.1) is 0 Å². The van der Waals surface area contributed by atoms with Crippen LogP contribution in [-0.4, -0.2) is 18.9 Å². The van der Waals surface area contributed by atoms with Crippen LogP contribution in [0.15, 0.2) is 24.3 Å². The number of hydrogen-bond acceptors (Lipinski definition) is 3. The monoisotopic (exact) mass is 248 g/mol. The van der Waals surface area contributed by atoms with Gasteiger partial charge in [-0.2, -0.15) is 0 Å². The van der Waals surface area contributed by atoms with Gasteiger partial charge < -0.3 is 9.53 Å². The van der Waals surface area contributed by atoms with Crippen LogP contribution in [0.5, 0.6) is 0 Å². The number of aryl methyl sites for hydroxylation is 2. The van der Waals surface area contributed by atoms with Crippen LogP contribution in [0.25, 0.3) is 0 Å². The molecule has 0 heterocycles. The molecule has 0 N–H and O–H groups in total. The highest BCUT2D eigenvalue weighted by Gasteiger charge is 2.06. The zero-order valence-corrected chi connectivity index (χ0v) is 10.9. The molecule has 0 unspecified atom stereocenters. The number of hydrogen-bond donors (Lipinski definition) is 0. The highest BCUT2D eigenvalue weighted by atomic mass is 16.5. The maximum absolute atomic E-state index is 11.3. The fourth-order valence-corrected chi connectivity index (χ4v) is 1.89. The molecular formula is C15H20O3. The Balaban J connectivity index is 2.53. The van der Waals surface area contributed by atoms with E-state index in [2.05, 4.69) is 6.07 Å². The van der Waals surface area contributed by atoms with Gasteiger partial charge in [-0.3, -0.25) is 4.79 Å². The van der Waals surface area contributed by atoms with Crippen molar-refractivity contribution in [1.29, 1.82) is 0 Å². The lowest BCUT2D eigenvalue weighted by atomic mass is 9.99. The van der Waals surface area contributed by atoms with E-state index in [4.69, 9.17) is 4.74 Å². The fourth-order valence-electron chi connectivity index (χ4n) is 1.89. The first-order chi connectivity index (χ1) is 8.77. The van der Waals surface area contributed by atoms with E-state index in [-0.39, 0.29) is 5.97 Å². The van der Waals surface area contributed by atoms with Crippen molar-refractivity contribution in [2.45, 2.75) is 39.0 Å². The number of ether oxygens (including phenoxy) is 1. The van der Waals surface area contributed by atoms with Gasteiger partial charge in [-0.05, 0) is 37.3 Å².